The van der Waals surface area contributed by atoms with Gasteiger partial charge in [0.25, 0.3) is 0 Å². The van der Waals surface area contributed by atoms with Crippen molar-refractivity contribution in [2.45, 2.75) is 84.2 Å². The topological polar surface area (TPSA) is 23.9 Å². The zero-order chi connectivity index (χ0) is 15.5. The van der Waals surface area contributed by atoms with Gasteiger partial charge in [0.05, 0.1) is 0 Å². The largest absolute Gasteiger partial charge is 0.317 e. The average molecular weight is 330 g/mol. The van der Waals surface area contributed by atoms with Crippen LogP contribution in [0.25, 0.3) is 0 Å². The molecule has 0 spiro atoms. The first-order valence-electron chi connectivity index (χ1n) is 7.11. The Hall–Kier alpha value is 0.424. The van der Waals surface area contributed by atoms with E-state index in [1.165, 1.54) is 0 Å². The van der Waals surface area contributed by atoms with Crippen LogP contribution < -0.4 is 0 Å². The third kappa shape index (κ3) is 5.32. The van der Waals surface area contributed by atoms with Crippen molar-refractivity contribution in [1.29, 1.82) is 5.16 Å². The second-order valence-corrected chi connectivity index (χ2v) is 13.6. The molecular formula is C17H33NPTi-. The van der Waals surface area contributed by atoms with Crippen molar-refractivity contribution in [3.05, 3.63) is 24.3 Å². The van der Waals surface area contributed by atoms with Crippen LogP contribution in [0.1, 0.15) is 68.7 Å². The fraction of sp³-hybridized carbons (Fsp3) is 0.765. The van der Waals surface area contributed by atoms with Crippen molar-refractivity contribution in [1.82, 2.24) is 0 Å². The quantitative estimate of drug-likeness (QED) is 0.299. The second-order valence-electron chi connectivity index (χ2n) is 8.19. The molecule has 0 radical (unpaired) electrons. The van der Waals surface area contributed by atoms with E-state index in [9.17, 15) is 0 Å². The Labute approximate surface area is 142 Å². The van der Waals surface area contributed by atoms with Gasteiger partial charge in [-0.3, -0.25) is 6.08 Å². The molecule has 1 aliphatic rings. The average Bonchev–Trinajstić information content (AvgIpc) is 2.68. The summed E-state index contributed by atoms with van der Waals surface area (Å²) >= 11 is 0. The van der Waals surface area contributed by atoms with Crippen LogP contribution in [0.3, 0.4) is 0 Å². The predicted octanol–water partition coefficient (Wildman–Crippen LogP) is 6.47. The summed E-state index contributed by atoms with van der Waals surface area (Å²) in [7, 11) is -1.77. The van der Waals surface area contributed by atoms with E-state index >= 15 is 0 Å². The van der Waals surface area contributed by atoms with Gasteiger partial charge in [-0.05, 0) is 22.5 Å². The van der Waals surface area contributed by atoms with Crippen LogP contribution in [0.4, 0.5) is 0 Å². The summed E-state index contributed by atoms with van der Waals surface area (Å²) in [4.78, 5) is 0. The predicted molar refractivity (Wildman–Crippen MR) is 90.5 cm³/mol. The maximum absolute atomic E-state index is 8.99. The Morgan fingerprint density at radius 2 is 1.20 bits per heavy atom. The summed E-state index contributed by atoms with van der Waals surface area (Å²) in [6, 6.07) is 0. The van der Waals surface area contributed by atoms with E-state index in [0.29, 0.717) is 0 Å². The molecule has 0 amide bonds. The Morgan fingerprint density at radius 1 is 0.850 bits per heavy atom. The molecule has 1 nitrogen and oxygen atoms in total. The van der Waals surface area contributed by atoms with Crippen LogP contribution in [-0.4, -0.2) is 15.5 Å². The van der Waals surface area contributed by atoms with E-state index in [1.807, 2.05) is 12.2 Å². The Balaban J connectivity index is 0. The van der Waals surface area contributed by atoms with Gasteiger partial charge in [-0.1, -0.05) is 62.3 Å². The van der Waals surface area contributed by atoms with Crippen molar-refractivity contribution < 1.29 is 21.7 Å². The minimum absolute atomic E-state index is 0. The van der Waals surface area contributed by atoms with Gasteiger partial charge >= 0.3 is 0 Å². The first-order chi connectivity index (χ1) is 8.25. The molecule has 0 saturated carbocycles. The summed E-state index contributed by atoms with van der Waals surface area (Å²) < 4.78 is 0. The molecule has 3 heteroatoms. The number of hydrogen-bond acceptors (Lipinski definition) is 1. The van der Waals surface area contributed by atoms with Gasteiger partial charge in [-0.15, -0.1) is 6.42 Å². The molecule has 1 aliphatic carbocycles. The van der Waals surface area contributed by atoms with Crippen LogP contribution >= 0.6 is 7.05 Å². The first-order valence-corrected chi connectivity index (χ1v) is 8.90. The molecule has 0 atom stereocenters. The maximum Gasteiger partial charge on any atom is 0 e. The van der Waals surface area contributed by atoms with Crippen LogP contribution in [0, 0.1) is 11.2 Å². The molecule has 20 heavy (non-hydrogen) atoms. The molecule has 1 rings (SSSR count). The van der Waals surface area contributed by atoms with Crippen LogP contribution in [0.5, 0.6) is 0 Å². The van der Waals surface area contributed by atoms with Crippen molar-refractivity contribution in [3.63, 3.8) is 0 Å². The number of rotatable bonds is 0. The van der Waals surface area contributed by atoms with Crippen molar-refractivity contribution in [2.75, 3.05) is 0 Å². The van der Waals surface area contributed by atoms with E-state index in [1.54, 1.807) is 0 Å². The summed E-state index contributed by atoms with van der Waals surface area (Å²) in [5.41, 5.74) is 0. The molecule has 0 aromatic rings. The summed E-state index contributed by atoms with van der Waals surface area (Å²) in [5, 5.41) is 9.29. The Morgan fingerprint density at radius 3 is 1.25 bits per heavy atom. The number of allylic oxidation sites excluding steroid dienone is 4. The van der Waals surface area contributed by atoms with Gasteiger partial charge in [0.2, 0.25) is 0 Å². The van der Waals surface area contributed by atoms with Gasteiger partial charge in [0, 0.05) is 21.7 Å². The summed E-state index contributed by atoms with van der Waals surface area (Å²) in [5.74, 6) is 0. The monoisotopic (exact) mass is 330 g/mol. The smallest absolute Gasteiger partial charge is 0 e. The standard InChI is InChI=1S/C12H28NP.C5H5.Ti/c1-10(2,3)14(13,11(4,5)6)12(7,8)9;1-2-4-5-3-1;/h13H,1-9H3;1-3H,4H2;/q;-1;. The van der Waals surface area contributed by atoms with Crippen LogP contribution in [0.2, 0.25) is 0 Å². The molecule has 0 bridgehead atoms. The first kappa shape index (κ1) is 22.7. The molecule has 0 saturated heterocycles. The number of hydrogen-bond donors (Lipinski definition) is 1. The molecule has 0 heterocycles. The summed E-state index contributed by atoms with van der Waals surface area (Å²) in [6.45, 7) is 20.0. The van der Waals surface area contributed by atoms with E-state index in [-0.39, 0.29) is 37.2 Å². The normalized spacial score (nSPS) is 15.4. The zero-order valence-corrected chi connectivity index (χ0v) is 17.3. The molecule has 0 aromatic heterocycles. The maximum atomic E-state index is 8.99. The molecule has 1 N–H and O–H groups in total. The zero-order valence-electron chi connectivity index (χ0n) is 14.9. The third-order valence-electron chi connectivity index (χ3n) is 3.60. The Bertz CT molecular complexity index is 334. The molecule has 0 fully saturated rings. The summed E-state index contributed by atoms with van der Waals surface area (Å²) in [6.07, 6.45) is 10.0. The number of nitrogens with one attached hydrogen (secondary N) is 1. The van der Waals surface area contributed by atoms with E-state index in [0.717, 1.165) is 6.42 Å². The van der Waals surface area contributed by atoms with E-state index in [4.69, 9.17) is 5.16 Å². The minimum Gasteiger partial charge on any atom is -0.317 e. The fourth-order valence-corrected chi connectivity index (χ4v) is 9.40. The molecule has 0 aromatic carbocycles. The van der Waals surface area contributed by atoms with E-state index < -0.39 is 7.05 Å². The molecule has 0 unspecified atom stereocenters. The molecule has 0 aliphatic heterocycles. The van der Waals surface area contributed by atoms with Crippen LogP contribution in [-0.2, 0) is 21.7 Å². The van der Waals surface area contributed by atoms with E-state index in [2.05, 4.69) is 74.5 Å². The van der Waals surface area contributed by atoms with Gasteiger partial charge in [0.15, 0.2) is 0 Å². The molecule has 116 valence electrons. The van der Waals surface area contributed by atoms with Gasteiger partial charge in [-0.25, -0.2) is 12.2 Å². The second kappa shape index (κ2) is 7.62. The van der Waals surface area contributed by atoms with Gasteiger partial charge < -0.3 is 5.16 Å². The minimum atomic E-state index is -1.77. The van der Waals surface area contributed by atoms with Gasteiger partial charge in [-0.2, -0.15) is 6.08 Å². The fourth-order valence-electron chi connectivity index (χ4n) is 3.36. The Kier molecular flexibility index (Phi) is 8.64. The van der Waals surface area contributed by atoms with Crippen LogP contribution in [0.15, 0.2) is 18.2 Å². The van der Waals surface area contributed by atoms with Crippen molar-refractivity contribution in [3.8, 4) is 0 Å². The van der Waals surface area contributed by atoms with Crippen molar-refractivity contribution in [2.24, 2.45) is 0 Å². The third-order valence-corrected chi connectivity index (χ3v) is 9.64. The molecular weight excluding hydrogens is 297 g/mol. The van der Waals surface area contributed by atoms with Gasteiger partial charge in [0.1, 0.15) is 0 Å². The SMILES string of the molecule is CC(C)(C)P(=N)(C(C)(C)C)C(C)(C)C.[C-]1=CC=CC1.[Ti]. The van der Waals surface area contributed by atoms with Crippen molar-refractivity contribution >= 4 is 7.05 Å².